The van der Waals surface area contributed by atoms with E-state index in [1.54, 1.807) is 34.9 Å². The molecular formula is C24H20F2N4OS. The van der Waals surface area contributed by atoms with E-state index in [0.717, 1.165) is 16.8 Å². The number of halogens is 2. The number of anilines is 1. The van der Waals surface area contributed by atoms with Crippen LogP contribution in [0.5, 0.6) is 0 Å². The smallest absolute Gasteiger partial charge is 0.234 e. The van der Waals surface area contributed by atoms with Crippen molar-refractivity contribution in [1.29, 1.82) is 0 Å². The molecule has 1 aromatic heterocycles. The molecule has 0 saturated carbocycles. The van der Waals surface area contributed by atoms with E-state index in [0.29, 0.717) is 10.8 Å². The van der Waals surface area contributed by atoms with Gasteiger partial charge < -0.3 is 5.32 Å². The number of carbonyl (C=O) groups is 1. The standard InChI is InChI=1S/C24H20F2N4OS/c1-15-7-8-16(2)21(13-15)27-22(31)14-32-24-29-28-23(19-5-3-4-6-20(19)26)30(24)18-11-9-17(25)10-12-18/h3-13H,14H2,1-2H3,(H,27,31). The average Bonchev–Trinajstić information content (AvgIpc) is 3.19. The third kappa shape index (κ3) is 4.70. The molecule has 0 bridgehead atoms. The largest absolute Gasteiger partial charge is 0.325 e. The average molecular weight is 451 g/mol. The highest BCUT2D eigenvalue weighted by Gasteiger charge is 2.19. The molecule has 5 nitrogen and oxygen atoms in total. The first-order chi connectivity index (χ1) is 15.4. The highest BCUT2D eigenvalue weighted by molar-refractivity contribution is 7.99. The van der Waals surface area contributed by atoms with Crippen LogP contribution in [-0.4, -0.2) is 26.4 Å². The molecule has 0 saturated heterocycles. The number of nitrogens with one attached hydrogen (secondary N) is 1. The quantitative estimate of drug-likeness (QED) is 0.391. The second kappa shape index (κ2) is 9.32. The van der Waals surface area contributed by atoms with E-state index < -0.39 is 11.6 Å². The van der Waals surface area contributed by atoms with E-state index in [1.807, 2.05) is 32.0 Å². The molecule has 0 aliphatic carbocycles. The Bertz CT molecular complexity index is 1270. The maximum Gasteiger partial charge on any atom is 0.234 e. The fourth-order valence-corrected chi connectivity index (χ4v) is 3.94. The Morgan fingerprint density at radius 2 is 1.75 bits per heavy atom. The van der Waals surface area contributed by atoms with Crippen molar-refractivity contribution in [2.24, 2.45) is 0 Å². The molecule has 4 rings (SSSR count). The zero-order valence-electron chi connectivity index (χ0n) is 17.5. The van der Waals surface area contributed by atoms with Gasteiger partial charge in [-0.1, -0.05) is 36.0 Å². The van der Waals surface area contributed by atoms with Gasteiger partial charge in [-0.25, -0.2) is 8.78 Å². The summed E-state index contributed by atoms with van der Waals surface area (Å²) in [4.78, 5) is 12.6. The van der Waals surface area contributed by atoms with Gasteiger partial charge in [0.1, 0.15) is 11.6 Å². The molecule has 3 aromatic carbocycles. The first-order valence-corrected chi connectivity index (χ1v) is 10.9. The van der Waals surface area contributed by atoms with Gasteiger partial charge in [0, 0.05) is 11.4 Å². The third-order valence-corrected chi connectivity index (χ3v) is 5.76. The molecule has 1 heterocycles. The first-order valence-electron chi connectivity index (χ1n) is 9.88. The van der Waals surface area contributed by atoms with E-state index in [-0.39, 0.29) is 23.0 Å². The van der Waals surface area contributed by atoms with Crippen molar-refractivity contribution in [3.05, 3.63) is 89.5 Å². The molecule has 8 heteroatoms. The Morgan fingerprint density at radius 3 is 2.50 bits per heavy atom. The minimum Gasteiger partial charge on any atom is -0.325 e. The molecule has 0 aliphatic rings. The maximum atomic E-state index is 14.5. The fourth-order valence-electron chi connectivity index (χ4n) is 3.19. The number of hydrogen-bond donors (Lipinski definition) is 1. The lowest BCUT2D eigenvalue weighted by atomic mass is 10.1. The summed E-state index contributed by atoms with van der Waals surface area (Å²) in [6, 6.07) is 17.8. The lowest BCUT2D eigenvalue weighted by Crippen LogP contribution is -2.15. The molecule has 0 unspecified atom stereocenters. The molecule has 162 valence electrons. The molecule has 1 N–H and O–H groups in total. The van der Waals surface area contributed by atoms with Crippen molar-refractivity contribution < 1.29 is 13.6 Å². The SMILES string of the molecule is Cc1ccc(C)c(NC(=O)CSc2nnc(-c3ccccc3F)n2-c2ccc(F)cc2)c1. The Morgan fingerprint density at radius 1 is 1.00 bits per heavy atom. The number of aromatic nitrogens is 3. The number of amides is 1. The Balaban J connectivity index is 1.62. The number of nitrogens with zero attached hydrogens (tertiary/aromatic N) is 3. The van der Waals surface area contributed by atoms with Gasteiger partial charge in [-0.3, -0.25) is 9.36 Å². The second-order valence-electron chi connectivity index (χ2n) is 7.25. The highest BCUT2D eigenvalue weighted by Crippen LogP contribution is 2.29. The molecule has 0 aliphatic heterocycles. The summed E-state index contributed by atoms with van der Waals surface area (Å²) in [6.45, 7) is 3.88. The molecule has 32 heavy (non-hydrogen) atoms. The summed E-state index contributed by atoms with van der Waals surface area (Å²) >= 11 is 1.17. The molecule has 4 aromatic rings. The molecule has 0 fully saturated rings. The summed E-state index contributed by atoms with van der Waals surface area (Å²) in [5.74, 6) is -0.704. The van der Waals surface area contributed by atoms with Crippen LogP contribution in [0.25, 0.3) is 17.1 Å². The van der Waals surface area contributed by atoms with Gasteiger partial charge in [0.25, 0.3) is 0 Å². The van der Waals surface area contributed by atoms with Crippen molar-refractivity contribution in [3.8, 4) is 17.1 Å². The number of rotatable bonds is 6. The van der Waals surface area contributed by atoms with Gasteiger partial charge in [0.2, 0.25) is 5.91 Å². The molecule has 0 atom stereocenters. The monoisotopic (exact) mass is 450 g/mol. The van der Waals surface area contributed by atoms with Crippen molar-refractivity contribution in [3.63, 3.8) is 0 Å². The van der Waals surface area contributed by atoms with Crippen LogP contribution in [0.15, 0.2) is 71.9 Å². The van der Waals surface area contributed by atoms with E-state index >= 15 is 0 Å². The van der Waals surface area contributed by atoms with Crippen LogP contribution >= 0.6 is 11.8 Å². The van der Waals surface area contributed by atoms with Crippen LogP contribution in [0, 0.1) is 25.5 Å². The summed E-state index contributed by atoms with van der Waals surface area (Å²) in [5, 5.41) is 11.6. The molecule has 1 amide bonds. The third-order valence-electron chi connectivity index (χ3n) is 4.83. The van der Waals surface area contributed by atoms with Crippen molar-refractivity contribution >= 4 is 23.4 Å². The topological polar surface area (TPSA) is 59.8 Å². The normalized spacial score (nSPS) is 10.9. The van der Waals surface area contributed by atoms with Crippen LogP contribution in [-0.2, 0) is 4.79 Å². The lowest BCUT2D eigenvalue weighted by Gasteiger charge is -2.12. The predicted molar refractivity (Wildman–Crippen MR) is 122 cm³/mol. The Labute approximate surface area is 188 Å². The maximum absolute atomic E-state index is 14.5. The van der Waals surface area contributed by atoms with Crippen molar-refractivity contribution in [2.45, 2.75) is 19.0 Å². The highest BCUT2D eigenvalue weighted by atomic mass is 32.2. The Hall–Kier alpha value is -3.52. The van der Waals surface area contributed by atoms with Gasteiger partial charge in [0.15, 0.2) is 11.0 Å². The predicted octanol–water partition coefficient (Wildman–Crippen LogP) is 5.56. The molecule has 0 spiro atoms. The van der Waals surface area contributed by atoms with Gasteiger partial charge >= 0.3 is 0 Å². The number of thioether (sulfide) groups is 1. The van der Waals surface area contributed by atoms with Crippen LogP contribution in [0.1, 0.15) is 11.1 Å². The van der Waals surface area contributed by atoms with Crippen LogP contribution in [0.3, 0.4) is 0 Å². The summed E-state index contributed by atoms with van der Waals surface area (Å²) in [7, 11) is 0. The fraction of sp³-hybridized carbons (Fsp3) is 0.125. The molecular weight excluding hydrogens is 430 g/mol. The minimum absolute atomic E-state index is 0.0734. The van der Waals surface area contributed by atoms with E-state index in [2.05, 4.69) is 15.5 Å². The van der Waals surface area contributed by atoms with Crippen LogP contribution in [0.4, 0.5) is 14.5 Å². The zero-order valence-corrected chi connectivity index (χ0v) is 18.3. The minimum atomic E-state index is -0.451. The molecule has 0 radical (unpaired) electrons. The summed E-state index contributed by atoms with van der Waals surface area (Å²) < 4.78 is 29.6. The van der Waals surface area contributed by atoms with E-state index in [1.165, 1.54) is 30.0 Å². The van der Waals surface area contributed by atoms with E-state index in [4.69, 9.17) is 0 Å². The number of carbonyl (C=O) groups excluding carboxylic acids is 1. The van der Waals surface area contributed by atoms with Crippen molar-refractivity contribution in [1.82, 2.24) is 14.8 Å². The van der Waals surface area contributed by atoms with Crippen molar-refractivity contribution in [2.75, 3.05) is 11.1 Å². The van der Waals surface area contributed by atoms with Crippen LogP contribution < -0.4 is 5.32 Å². The van der Waals surface area contributed by atoms with Gasteiger partial charge in [-0.05, 0) is 67.4 Å². The first kappa shape index (κ1) is 21.7. The second-order valence-corrected chi connectivity index (χ2v) is 8.20. The van der Waals surface area contributed by atoms with E-state index in [9.17, 15) is 13.6 Å². The van der Waals surface area contributed by atoms with Gasteiger partial charge in [-0.15, -0.1) is 10.2 Å². The zero-order chi connectivity index (χ0) is 22.7. The number of benzene rings is 3. The van der Waals surface area contributed by atoms with Gasteiger partial charge in [0.05, 0.1) is 11.3 Å². The Kier molecular flexibility index (Phi) is 6.32. The van der Waals surface area contributed by atoms with Gasteiger partial charge in [-0.2, -0.15) is 0 Å². The number of hydrogen-bond acceptors (Lipinski definition) is 4. The summed E-state index contributed by atoms with van der Waals surface area (Å²) in [5.41, 5.74) is 3.58. The lowest BCUT2D eigenvalue weighted by molar-refractivity contribution is -0.113. The summed E-state index contributed by atoms with van der Waals surface area (Å²) in [6.07, 6.45) is 0. The number of aryl methyl sites for hydroxylation is 2. The van der Waals surface area contributed by atoms with Crippen LogP contribution in [0.2, 0.25) is 0 Å².